The van der Waals surface area contributed by atoms with E-state index < -0.39 is 39.2 Å². The lowest BCUT2D eigenvalue weighted by Gasteiger charge is -2.16. The molecule has 0 saturated carbocycles. The van der Waals surface area contributed by atoms with Crippen LogP contribution >= 0.6 is 8.38 Å². The molecule has 2 N–H and O–H groups in total. The summed E-state index contributed by atoms with van der Waals surface area (Å²) in [6, 6.07) is 0. The van der Waals surface area contributed by atoms with Gasteiger partial charge in [-0.2, -0.15) is 0 Å². The number of ether oxygens (including phenoxy) is 3. The molecule has 0 fully saturated rings. The van der Waals surface area contributed by atoms with E-state index in [4.69, 9.17) is 14.5 Å². The van der Waals surface area contributed by atoms with Gasteiger partial charge in [0.1, 0.15) is 0 Å². The van der Waals surface area contributed by atoms with E-state index in [1.165, 1.54) is 8.05 Å². The van der Waals surface area contributed by atoms with E-state index in [9.17, 15) is 14.4 Å². The Morgan fingerprint density at radius 3 is 2.32 bits per heavy atom. The Balaban J connectivity index is 4.26. The topological polar surface area (TPSA) is 129 Å². The van der Waals surface area contributed by atoms with Crippen LogP contribution in [0.2, 0.25) is 0 Å². The van der Waals surface area contributed by atoms with Gasteiger partial charge < -0.3 is 28.7 Å². The first-order valence-corrected chi connectivity index (χ1v) is 7.91. The first kappa shape index (κ1) is 20.6. The molecule has 1 atom stereocenters. The molecule has 0 rings (SSSR count). The fourth-order valence-corrected chi connectivity index (χ4v) is 2.08. The summed E-state index contributed by atoms with van der Waals surface area (Å²) >= 11 is 0. The third-order valence-electron chi connectivity index (χ3n) is 2.35. The standard InChI is InChI=1S/C11H20BO9P/c1-7(2)20-11(15)19-6-18-10(14)8(5-22(16)17)3-4-9(13)21-12/h7-8,16-17H,3-6,12H2,1-2H3. The second-order valence-corrected chi connectivity index (χ2v) is 5.62. The van der Waals surface area contributed by atoms with Gasteiger partial charge in [0.15, 0.2) is 8.38 Å². The summed E-state index contributed by atoms with van der Waals surface area (Å²) in [4.78, 5) is 51.9. The van der Waals surface area contributed by atoms with Crippen molar-refractivity contribution >= 4 is 34.5 Å². The number of rotatable bonds is 9. The number of carbonyl (C=O) groups is 3. The third-order valence-corrected chi connectivity index (χ3v) is 3.12. The van der Waals surface area contributed by atoms with Crippen molar-refractivity contribution in [3.05, 3.63) is 0 Å². The average molecular weight is 338 g/mol. The molecule has 0 aliphatic rings. The molecule has 0 heterocycles. The molecule has 9 nitrogen and oxygen atoms in total. The Bertz CT molecular complexity index is 375. The first-order chi connectivity index (χ1) is 10.3. The second kappa shape index (κ2) is 11.2. The van der Waals surface area contributed by atoms with Crippen LogP contribution in [0, 0.1) is 5.92 Å². The summed E-state index contributed by atoms with van der Waals surface area (Å²) in [7, 11) is -1.13. The van der Waals surface area contributed by atoms with Crippen LogP contribution < -0.4 is 0 Å². The summed E-state index contributed by atoms with van der Waals surface area (Å²) in [5, 5.41) is 0. The molecule has 0 aromatic heterocycles. The van der Waals surface area contributed by atoms with Gasteiger partial charge in [-0.25, -0.2) is 4.79 Å². The Morgan fingerprint density at radius 1 is 1.18 bits per heavy atom. The lowest BCUT2D eigenvalue weighted by molar-refractivity contribution is -0.158. The van der Waals surface area contributed by atoms with Crippen molar-refractivity contribution in [3.8, 4) is 0 Å². The number of carbonyl (C=O) groups excluding carboxylic acids is 3. The van der Waals surface area contributed by atoms with Crippen LogP contribution in [0.3, 0.4) is 0 Å². The molecule has 0 amide bonds. The van der Waals surface area contributed by atoms with Crippen LogP contribution in [0.4, 0.5) is 4.79 Å². The van der Waals surface area contributed by atoms with Crippen LogP contribution in [0.5, 0.6) is 0 Å². The quantitative estimate of drug-likeness (QED) is 0.255. The van der Waals surface area contributed by atoms with E-state index in [0.29, 0.717) is 0 Å². The molecular formula is C11H20BO9P. The largest absolute Gasteiger partial charge is 0.543 e. The van der Waals surface area contributed by atoms with E-state index in [2.05, 4.69) is 14.1 Å². The first-order valence-electron chi connectivity index (χ1n) is 6.48. The molecule has 1 unspecified atom stereocenters. The second-order valence-electron chi connectivity index (χ2n) is 4.51. The Kier molecular flexibility index (Phi) is 10.5. The van der Waals surface area contributed by atoms with Gasteiger partial charge >= 0.3 is 20.2 Å². The maximum absolute atomic E-state index is 11.8. The Hall–Kier alpha value is -1.38. The van der Waals surface area contributed by atoms with E-state index in [1.807, 2.05) is 0 Å². The lowest BCUT2D eigenvalue weighted by atomic mass is 10.1. The highest BCUT2D eigenvalue weighted by Crippen LogP contribution is 2.29. The van der Waals surface area contributed by atoms with Crippen molar-refractivity contribution in [2.75, 3.05) is 13.0 Å². The molecule has 0 radical (unpaired) electrons. The maximum Gasteiger partial charge on any atom is 0.511 e. The molecule has 0 spiro atoms. The predicted molar refractivity (Wildman–Crippen MR) is 77.2 cm³/mol. The normalized spacial score (nSPS) is 11.9. The molecule has 0 aromatic rings. The summed E-state index contributed by atoms with van der Waals surface area (Å²) < 4.78 is 18.3. The van der Waals surface area contributed by atoms with Crippen LogP contribution in [0.15, 0.2) is 0 Å². The molecule has 22 heavy (non-hydrogen) atoms. The van der Waals surface area contributed by atoms with Crippen LogP contribution in [-0.2, 0) is 28.5 Å². The van der Waals surface area contributed by atoms with Crippen molar-refractivity contribution in [2.24, 2.45) is 5.92 Å². The minimum atomic E-state index is -2.33. The van der Waals surface area contributed by atoms with E-state index in [0.717, 1.165) is 0 Å². The molecule has 0 aliphatic carbocycles. The van der Waals surface area contributed by atoms with Crippen LogP contribution in [0.25, 0.3) is 0 Å². The fourth-order valence-electron chi connectivity index (χ4n) is 1.35. The SMILES string of the molecule is BOC(=O)CCC(CP(O)O)C(=O)OCOC(=O)OC(C)C. The van der Waals surface area contributed by atoms with Crippen molar-refractivity contribution in [3.63, 3.8) is 0 Å². The zero-order valence-corrected chi connectivity index (χ0v) is 13.6. The highest BCUT2D eigenvalue weighted by atomic mass is 31.2. The maximum atomic E-state index is 11.8. The van der Waals surface area contributed by atoms with E-state index in [1.54, 1.807) is 13.8 Å². The molecule has 0 aromatic carbocycles. The zero-order chi connectivity index (χ0) is 17.1. The number of hydrogen-bond acceptors (Lipinski definition) is 9. The molecule has 0 aliphatic heterocycles. The molecule has 0 bridgehead atoms. The number of hydrogen-bond donors (Lipinski definition) is 2. The Labute approximate surface area is 130 Å². The number of esters is 1. The van der Waals surface area contributed by atoms with Crippen molar-refractivity contribution in [2.45, 2.75) is 32.8 Å². The molecule has 0 saturated heterocycles. The van der Waals surface area contributed by atoms with Gasteiger partial charge in [0, 0.05) is 12.6 Å². The summed E-state index contributed by atoms with van der Waals surface area (Å²) in [6.45, 7) is 2.59. The van der Waals surface area contributed by atoms with Crippen molar-refractivity contribution in [1.29, 1.82) is 0 Å². The van der Waals surface area contributed by atoms with Crippen LogP contribution in [0.1, 0.15) is 26.7 Å². The van der Waals surface area contributed by atoms with Gasteiger partial charge in [-0.05, 0) is 20.3 Å². The van der Waals surface area contributed by atoms with Crippen molar-refractivity contribution in [1.82, 2.24) is 0 Å². The monoisotopic (exact) mass is 338 g/mol. The summed E-state index contributed by atoms with van der Waals surface area (Å²) in [5.74, 6) is -2.25. The minimum Gasteiger partial charge on any atom is -0.543 e. The zero-order valence-electron chi connectivity index (χ0n) is 12.7. The molecule has 11 heteroatoms. The Morgan fingerprint density at radius 2 is 1.82 bits per heavy atom. The highest BCUT2D eigenvalue weighted by Gasteiger charge is 2.24. The third kappa shape index (κ3) is 10.4. The van der Waals surface area contributed by atoms with E-state index >= 15 is 0 Å². The molecule has 126 valence electrons. The van der Waals surface area contributed by atoms with Gasteiger partial charge in [-0.15, -0.1) is 0 Å². The lowest BCUT2D eigenvalue weighted by Crippen LogP contribution is -2.24. The smallest absolute Gasteiger partial charge is 0.511 e. The van der Waals surface area contributed by atoms with Crippen molar-refractivity contribution < 1.29 is 43.0 Å². The highest BCUT2D eigenvalue weighted by molar-refractivity contribution is 7.45. The molecular weight excluding hydrogens is 318 g/mol. The minimum absolute atomic E-state index is 0.0297. The van der Waals surface area contributed by atoms with Gasteiger partial charge in [-0.3, -0.25) is 9.59 Å². The van der Waals surface area contributed by atoms with Crippen LogP contribution in [-0.4, -0.2) is 55.0 Å². The van der Waals surface area contributed by atoms with Gasteiger partial charge in [0.2, 0.25) is 6.79 Å². The summed E-state index contributed by atoms with van der Waals surface area (Å²) in [6.07, 6.45) is -1.65. The van der Waals surface area contributed by atoms with Gasteiger partial charge in [0.25, 0.3) is 5.97 Å². The predicted octanol–water partition coefficient (Wildman–Crippen LogP) is -0.167. The van der Waals surface area contributed by atoms with Gasteiger partial charge in [0.05, 0.1) is 12.0 Å². The van der Waals surface area contributed by atoms with E-state index in [-0.39, 0.29) is 25.1 Å². The fraction of sp³-hybridized carbons (Fsp3) is 0.727. The summed E-state index contributed by atoms with van der Waals surface area (Å²) in [5.41, 5.74) is 0. The average Bonchev–Trinajstić information content (AvgIpc) is 2.41. The van der Waals surface area contributed by atoms with Gasteiger partial charge in [-0.1, -0.05) is 0 Å².